The molecule has 0 radical (unpaired) electrons. The Balaban J connectivity index is 1.65. The molecule has 2 aromatic rings. The lowest BCUT2D eigenvalue weighted by Crippen LogP contribution is -2.36. The van der Waals surface area contributed by atoms with Crippen molar-refractivity contribution in [2.24, 2.45) is 0 Å². The van der Waals surface area contributed by atoms with Crippen molar-refractivity contribution in [1.82, 2.24) is 10.6 Å². The van der Waals surface area contributed by atoms with Crippen molar-refractivity contribution in [3.63, 3.8) is 0 Å². The van der Waals surface area contributed by atoms with E-state index < -0.39 is 11.7 Å². The lowest BCUT2D eigenvalue weighted by molar-refractivity contribution is -0.138. The van der Waals surface area contributed by atoms with Crippen LogP contribution in [0.1, 0.15) is 28.3 Å². The molecule has 0 saturated carbocycles. The molecule has 0 saturated heterocycles. The highest BCUT2D eigenvalue weighted by atomic mass is 19.4. The van der Waals surface area contributed by atoms with Crippen LogP contribution >= 0.6 is 0 Å². The van der Waals surface area contributed by atoms with Crippen molar-refractivity contribution in [2.45, 2.75) is 25.2 Å². The van der Waals surface area contributed by atoms with Gasteiger partial charge in [0.25, 0.3) is 0 Å². The molecule has 23 heavy (non-hydrogen) atoms. The molecule has 5 heteroatoms. The van der Waals surface area contributed by atoms with Crippen LogP contribution < -0.4 is 10.6 Å². The second-order valence-corrected chi connectivity index (χ2v) is 5.74. The second-order valence-electron chi connectivity index (χ2n) is 5.74. The number of hydrogen-bond donors (Lipinski definition) is 2. The Morgan fingerprint density at radius 3 is 2.61 bits per heavy atom. The van der Waals surface area contributed by atoms with Gasteiger partial charge in [0.2, 0.25) is 0 Å². The quantitative estimate of drug-likeness (QED) is 0.898. The Labute approximate surface area is 133 Å². The van der Waals surface area contributed by atoms with Crippen molar-refractivity contribution < 1.29 is 13.2 Å². The van der Waals surface area contributed by atoms with E-state index in [2.05, 4.69) is 22.8 Å². The molecule has 0 aromatic heterocycles. The zero-order valence-corrected chi connectivity index (χ0v) is 12.7. The first kappa shape index (κ1) is 16.0. The number of benzene rings is 2. The largest absolute Gasteiger partial charge is 0.416 e. The topological polar surface area (TPSA) is 24.1 Å². The molecule has 0 aliphatic carbocycles. The molecule has 1 atom stereocenters. The monoisotopic (exact) mass is 320 g/mol. The van der Waals surface area contributed by atoms with Crippen molar-refractivity contribution in [1.29, 1.82) is 0 Å². The van der Waals surface area contributed by atoms with E-state index in [4.69, 9.17) is 0 Å². The Kier molecular flexibility index (Phi) is 4.68. The first-order valence-corrected chi connectivity index (χ1v) is 7.73. The van der Waals surface area contributed by atoms with Gasteiger partial charge in [-0.25, -0.2) is 0 Å². The van der Waals surface area contributed by atoms with Gasteiger partial charge in [-0.05, 0) is 35.7 Å². The molecule has 3 rings (SSSR count). The van der Waals surface area contributed by atoms with Crippen molar-refractivity contribution in [3.05, 3.63) is 70.8 Å². The van der Waals surface area contributed by atoms with Crippen LogP contribution in [0.15, 0.2) is 48.5 Å². The molecule has 1 heterocycles. The molecular weight excluding hydrogens is 301 g/mol. The summed E-state index contributed by atoms with van der Waals surface area (Å²) < 4.78 is 39.0. The van der Waals surface area contributed by atoms with Gasteiger partial charge in [0.1, 0.15) is 0 Å². The van der Waals surface area contributed by atoms with Crippen LogP contribution in [0.25, 0.3) is 0 Å². The molecule has 0 fully saturated rings. The fraction of sp³-hybridized carbons (Fsp3) is 0.333. The van der Waals surface area contributed by atoms with Gasteiger partial charge in [0.05, 0.1) is 5.56 Å². The molecule has 0 amide bonds. The van der Waals surface area contributed by atoms with Crippen LogP contribution in [0.2, 0.25) is 0 Å². The zero-order valence-electron chi connectivity index (χ0n) is 12.7. The molecule has 122 valence electrons. The Morgan fingerprint density at radius 1 is 1.04 bits per heavy atom. The molecule has 0 unspecified atom stereocenters. The average Bonchev–Trinajstić information content (AvgIpc) is 2.55. The number of hydrogen-bond acceptors (Lipinski definition) is 2. The average molecular weight is 320 g/mol. The van der Waals surface area contributed by atoms with Crippen LogP contribution in [0, 0.1) is 0 Å². The number of halogens is 3. The molecular formula is C18H19F3N2. The number of nitrogens with one attached hydrogen (secondary N) is 2. The summed E-state index contributed by atoms with van der Waals surface area (Å²) in [6.45, 7) is 1.70. The fourth-order valence-corrected chi connectivity index (χ4v) is 3.08. The third-order valence-electron chi connectivity index (χ3n) is 4.20. The van der Waals surface area contributed by atoms with Crippen LogP contribution in [-0.4, -0.2) is 13.1 Å². The maximum absolute atomic E-state index is 13.0. The van der Waals surface area contributed by atoms with Gasteiger partial charge >= 0.3 is 6.18 Å². The predicted octanol–water partition coefficient (Wildman–Crippen LogP) is 3.68. The van der Waals surface area contributed by atoms with Crippen LogP contribution in [0.4, 0.5) is 13.2 Å². The fourth-order valence-electron chi connectivity index (χ4n) is 3.08. The smallest absolute Gasteiger partial charge is 0.311 e. The first-order valence-electron chi connectivity index (χ1n) is 7.73. The van der Waals surface area contributed by atoms with E-state index >= 15 is 0 Å². The minimum absolute atomic E-state index is 0.137. The molecule has 2 aromatic carbocycles. The molecule has 1 aliphatic heterocycles. The van der Waals surface area contributed by atoms with E-state index in [-0.39, 0.29) is 18.2 Å². The first-order chi connectivity index (χ1) is 11.1. The summed E-state index contributed by atoms with van der Waals surface area (Å²) in [7, 11) is 0. The lowest BCUT2D eigenvalue weighted by Gasteiger charge is -2.27. The summed E-state index contributed by atoms with van der Waals surface area (Å²) >= 11 is 0. The summed E-state index contributed by atoms with van der Waals surface area (Å²) in [4.78, 5) is 0. The van der Waals surface area contributed by atoms with Gasteiger partial charge in [0, 0.05) is 19.1 Å². The van der Waals surface area contributed by atoms with Crippen molar-refractivity contribution in [2.75, 3.05) is 13.1 Å². The number of rotatable bonds is 4. The summed E-state index contributed by atoms with van der Waals surface area (Å²) in [5.74, 6) is 0. The van der Waals surface area contributed by atoms with Crippen molar-refractivity contribution >= 4 is 0 Å². The van der Waals surface area contributed by atoms with Gasteiger partial charge in [0.15, 0.2) is 0 Å². The summed E-state index contributed by atoms with van der Waals surface area (Å²) in [6.07, 6.45) is -3.32. The SMILES string of the molecule is FC(F)(F)c1ccccc1CNC[C@@H]1NCCc2ccccc21. The van der Waals surface area contributed by atoms with E-state index in [0.29, 0.717) is 6.54 Å². The van der Waals surface area contributed by atoms with E-state index in [9.17, 15) is 13.2 Å². The van der Waals surface area contributed by atoms with Gasteiger partial charge < -0.3 is 10.6 Å². The van der Waals surface area contributed by atoms with Crippen LogP contribution in [0.3, 0.4) is 0 Å². The summed E-state index contributed by atoms with van der Waals surface area (Å²) in [5, 5.41) is 6.58. The van der Waals surface area contributed by atoms with Crippen molar-refractivity contribution in [3.8, 4) is 0 Å². The van der Waals surface area contributed by atoms with Crippen LogP contribution in [-0.2, 0) is 19.1 Å². The maximum atomic E-state index is 13.0. The third-order valence-corrected chi connectivity index (χ3v) is 4.20. The van der Waals surface area contributed by atoms with Gasteiger partial charge in [-0.15, -0.1) is 0 Å². The minimum Gasteiger partial charge on any atom is -0.311 e. The number of fused-ring (bicyclic) bond motifs is 1. The molecule has 0 spiro atoms. The molecule has 0 bridgehead atoms. The Morgan fingerprint density at radius 2 is 1.78 bits per heavy atom. The second kappa shape index (κ2) is 6.72. The molecule has 2 N–H and O–H groups in total. The minimum atomic E-state index is -4.31. The Bertz CT molecular complexity index is 667. The number of alkyl halides is 3. The standard InChI is InChI=1S/C18H19F3N2/c19-18(20,21)16-8-4-2-6-14(16)11-22-12-17-15-7-3-1-5-13(15)9-10-23-17/h1-8,17,22-23H,9-12H2/t17-/m0/s1. The molecule has 1 aliphatic rings. The maximum Gasteiger partial charge on any atom is 0.416 e. The van der Waals surface area contributed by atoms with Gasteiger partial charge in [-0.2, -0.15) is 13.2 Å². The third kappa shape index (κ3) is 3.74. The van der Waals surface area contributed by atoms with E-state index in [1.807, 2.05) is 12.1 Å². The van der Waals surface area contributed by atoms with E-state index in [1.165, 1.54) is 23.3 Å². The highest BCUT2D eigenvalue weighted by Crippen LogP contribution is 2.31. The lowest BCUT2D eigenvalue weighted by atomic mass is 9.94. The summed E-state index contributed by atoms with van der Waals surface area (Å²) in [5.41, 5.74) is 2.26. The molecule has 2 nitrogen and oxygen atoms in total. The highest BCUT2D eigenvalue weighted by molar-refractivity contribution is 5.33. The predicted molar refractivity (Wildman–Crippen MR) is 84.0 cm³/mol. The van der Waals surface area contributed by atoms with Gasteiger partial charge in [-0.1, -0.05) is 42.5 Å². The van der Waals surface area contributed by atoms with E-state index in [1.54, 1.807) is 6.07 Å². The van der Waals surface area contributed by atoms with Gasteiger partial charge in [-0.3, -0.25) is 0 Å². The zero-order chi connectivity index (χ0) is 16.3. The summed E-state index contributed by atoms with van der Waals surface area (Å²) in [6, 6.07) is 14.1. The highest BCUT2D eigenvalue weighted by Gasteiger charge is 2.32. The normalized spacial score (nSPS) is 17.8. The van der Waals surface area contributed by atoms with E-state index in [0.717, 1.165) is 19.0 Å². The Hall–Kier alpha value is -1.85. The van der Waals surface area contributed by atoms with Crippen LogP contribution in [0.5, 0.6) is 0 Å².